The van der Waals surface area contributed by atoms with Crippen molar-refractivity contribution in [2.45, 2.75) is 6.42 Å². The number of hydrogen-bond acceptors (Lipinski definition) is 1. The number of anilines is 1. The molecule has 0 fully saturated rings. The first-order chi connectivity index (χ1) is 9.91. The highest BCUT2D eigenvalue weighted by Crippen LogP contribution is 2.27. The summed E-state index contributed by atoms with van der Waals surface area (Å²) >= 11 is 5.70. The lowest BCUT2D eigenvalue weighted by molar-refractivity contribution is 0.381. The van der Waals surface area contributed by atoms with E-state index in [1.54, 1.807) is 24.3 Å². The first-order valence-electron chi connectivity index (χ1n) is 5.91. The second-order valence-electron chi connectivity index (χ2n) is 4.25. The van der Waals surface area contributed by atoms with Crippen LogP contribution < -0.4 is 5.32 Å². The van der Waals surface area contributed by atoms with Crippen molar-refractivity contribution < 1.29 is 22.0 Å². The van der Waals surface area contributed by atoms with Gasteiger partial charge in [-0.3, -0.25) is 0 Å². The molecule has 2 rings (SSSR count). The van der Waals surface area contributed by atoms with Gasteiger partial charge in [-0.1, -0.05) is 23.7 Å². The van der Waals surface area contributed by atoms with Gasteiger partial charge in [0.05, 0.1) is 0 Å². The van der Waals surface area contributed by atoms with E-state index in [-0.39, 0.29) is 6.54 Å². The van der Waals surface area contributed by atoms with Crippen LogP contribution in [0, 0.1) is 29.1 Å². The van der Waals surface area contributed by atoms with E-state index in [1.807, 2.05) is 0 Å². The molecule has 0 heterocycles. The molecule has 0 aromatic heterocycles. The predicted molar refractivity (Wildman–Crippen MR) is 69.9 cm³/mol. The smallest absolute Gasteiger partial charge is 0.200 e. The lowest BCUT2D eigenvalue weighted by atomic mass is 10.1. The van der Waals surface area contributed by atoms with Gasteiger partial charge in [0, 0.05) is 11.6 Å². The minimum absolute atomic E-state index is 0.0000151. The molecule has 1 N–H and O–H groups in total. The van der Waals surface area contributed by atoms with Gasteiger partial charge in [-0.2, -0.15) is 0 Å². The number of benzene rings is 2. The standard InChI is InChI=1S/C14H9ClF5N/c15-8-3-1-7(2-4-8)5-6-21-14-12(19)10(17)9(16)11(18)13(14)20/h1-4,21H,5-6H2. The van der Waals surface area contributed by atoms with Gasteiger partial charge < -0.3 is 5.32 Å². The van der Waals surface area contributed by atoms with Crippen molar-refractivity contribution in [3.05, 3.63) is 63.9 Å². The molecule has 0 atom stereocenters. The highest BCUT2D eigenvalue weighted by Gasteiger charge is 2.25. The number of hydrogen-bond donors (Lipinski definition) is 1. The zero-order valence-corrected chi connectivity index (χ0v) is 11.2. The quantitative estimate of drug-likeness (QED) is 0.489. The van der Waals surface area contributed by atoms with Crippen LogP contribution in [0.25, 0.3) is 0 Å². The molecule has 7 heteroatoms. The normalized spacial score (nSPS) is 10.8. The van der Waals surface area contributed by atoms with Crippen LogP contribution in [-0.2, 0) is 6.42 Å². The summed E-state index contributed by atoms with van der Waals surface area (Å²) in [7, 11) is 0. The van der Waals surface area contributed by atoms with Crippen molar-refractivity contribution in [1.82, 2.24) is 0 Å². The molecule has 0 unspecified atom stereocenters. The van der Waals surface area contributed by atoms with Gasteiger partial charge in [-0.15, -0.1) is 0 Å². The SMILES string of the molecule is Fc1c(F)c(F)c(NCCc2ccc(Cl)cc2)c(F)c1F. The summed E-state index contributed by atoms with van der Waals surface area (Å²) < 4.78 is 65.6. The Morgan fingerprint density at radius 1 is 0.762 bits per heavy atom. The summed E-state index contributed by atoms with van der Waals surface area (Å²) in [6, 6.07) is 6.66. The fourth-order valence-electron chi connectivity index (χ4n) is 1.74. The minimum Gasteiger partial charge on any atom is -0.380 e. The fourth-order valence-corrected chi connectivity index (χ4v) is 1.87. The molecule has 0 aliphatic carbocycles. The van der Waals surface area contributed by atoms with Gasteiger partial charge in [0.1, 0.15) is 5.69 Å². The van der Waals surface area contributed by atoms with Crippen molar-refractivity contribution in [3.63, 3.8) is 0 Å². The van der Waals surface area contributed by atoms with E-state index in [9.17, 15) is 22.0 Å². The van der Waals surface area contributed by atoms with Crippen LogP contribution in [-0.4, -0.2) is 6.54 Å². The lowest BCUT2D eigenvalue weighted by Crippen LogP contribution is -2.12. The van der Waals surface area contributed by atoms with Crippen molar-refractivity contribution in [2.75, 3.05) is 11.9 Å². The molecule has 2 aromatic carbocycles. The summed E-state index contributed by atoms with van der Waals surface area (Å²) in [5, 5.41) is 2.76. The molecule has 0 amide bonds. The minimum atomic E-state index is -2.17. The molecular formula is C14H9ClF5N. The van der Waals surface area contributed by atoms with Gasteiger partial charge in [-0.05, 0) is 24.1 Å². The van der Waals surface area contributed by atoms with Crippen LogP contribution in [0.15, 0.2) is 24.3 Å². The Labute approximate surface area is 122 Å². The Kier molecular flexibility index (Phi) is 4.67. The Hall–Kier alpha value is -1.82. The molecule has 21 heavy (non-hydrogen) atoms. The molecule has 0 aliphatic heterocycles. The van der Waals surface area contributed by atoms with Gasteiger partial charge in [0.2, 0.25) is 5.82 Å². The maximum Gasteiger partial charge on any atom is 0.200 e. The van der Waals surface area contributed by atoms with Crippen LogP contribution in [0.3, 0.4) is 0 Å². The third kappa shape index (κ3) is 3.26. The molecule has 0 saturated carbocycles. The van der Waals surface area contributed by atoms with Gasteiger partial charge in [0.25, 0.3) is 0 Å². The Morgan fingerprint density at radius 3 is 1.76 bits per heavy atom. The molecule has 0 spiro atoms. The topological polar surface area (TPSA) is 12.0 Å². The van der Waals surface area contributed by atoms with E-state index >= 15 is 0 Å². The molecule has 0 bridgehead atoms. The monoisotopic (exact) mass is 321 g/mol. The maximum absolute atomic E-state index is 13.4. The predicted octanol–water partition coefficient (Wildman–Crippen LogP) is 4.69. The fraction of sp³-hybridized carbons (Fsp3) is 0.143. The van der Waals surface area contributed by atoms with Crippen LogP contribution in [0.4, 0.5) is 27.6 Å². The van der Waals surface area contributed by atoms with E-state index in [4.69, 9.17) is 11.6 Å². The van der Waals surface area contributed by atoms with Crippen molar-refractivity contribution in [3.8, 4) is 0 Å². The van der Waals surface area contributed by atoms with E-state index in [1.165, 1.54) is 0 Å². The first kappa shape index (κ1) is 15.6. The number of halogens is 6. The molecule has 2 aromatic rings. The second-order valence-corrected chi connectivity index (χ2v) is 4.68. The highest BCUT2D eigenvalue weighted by molar-refractivity contribution is 6.30. The Bertz CT molecular complexity index is 628. The summed E-state index contributed by atoms with van der Waals surface area (Å²) in [6.07, 6.45) is 0.330. The van der Waals surface area contributed by atoms with Gasteiger partial charge >= 0.3 is 0 Å². The van der Waals surface area contributed by atoms with E-state index in [0.717, 1.165) is 5.56 Å². The van der Waals surface area contributed by atoms with Crippen LogP contribution in [0.5, 0.6) is 0 Å². The van der Waals surface area contributed by atoms with Crippen molar-refractivity contribution in [2.24, 2.45) is 0 Å². The largest absolute Gasteiger partial charge is 0.380 e. The van der Waals surface area contributed by atoms with Crippen LogP contribution in [0.2, 0.25) is 5.02 Å². The average molecular weight is 322 g/mol. The first-order valence-corrected chi connectivity index (χ1v) is 6.29. The average Bonchev–Trinajstić information content (AvgIpc) is 2.48. The van der Waals surface area contributed by atoms with Crippen molar-refractivity contribution >= 4 is 17.3 Å². The molecular weight excluding hydrogens is 313 g/mol. The maximum atomic E-state index is 13.4. The molecule has 112 valence electrons. The van der Waals surface area contributed by atoms with Crippen LogP contribution in [0.1, 0.15) is 5.56 Å². The van der Waals surface area contributed by atoms with Crippen LogP contribution >= 0.6 is 11.6 Å². The Balaban J connectivity index is 2.12. The molecule has 0 radical (unpaired) electrons. The Morgan fingerprint density at radius 2 is 1.24 bits per heavy atom. The van der Waals surface area contributed by atoms with E-state index in [2.05, 4.69) is 5.32 Å². The molecule has 1 nitrogen and oxygen atoms in total. The summed E-state index contributed by atoms with van der Waals surface area (Å²) in [5.74, 6) is -9.86. The third-order valence-corrected chi connectivity index (χ3v) is 3.09. The molecule has 0 aliphatic rings. The summed E-state index contributed by atoms with van der Waals surface area (Å²) in [5.41, 5.74) is -0.226. The third-order valence-electron chi connectivity index (χ3n) is 2.84. The van der Waals surface area contributed by atoms with Gasteiger partial charge in [0.15, 0.2) is 23.3 Å². The second kappa shape index (κ2) is 6.30. The number of nitrogens with one attached hydrogen (secondary N) is 1. The summed E-state index contributed by atoms with van der Waals surface area (Å²) in [6.45, 7) is -0.0000151. The number of rotatable bonds is 4. The zero-order chi connectivity index (χ0) is 15.6. The van der Waals surface area contributed by atoms with E-state index < -0.39 is 34.8 Å². The summed E-state index contributed by atoms with van der Waals surface area (Å²) in [4.78, 5) is 0. The zero-order valence-electron chi connectivity index (χ0n) is 10.5. The molecule has 0 saturated heterocycles. The van der Waals surface area contributed by atoms with Gasteiger partial charge in [-0.25, -0.2) is 22.0 Å². The lowest BCUT2D eigenvalue weighted by Gasteiger charge is -2.10. The van der Waals surface area contributed by atoms with Crippen molar-refractivity contribution in [1.29, 1.82) is 0 Å². The highest BCUT2D eigenvalue weighted by atomic mass is 35.5. The van der Waals surface area contributed by atoms with E-state index in [0.29, 0.717) is 11.4 Å².